The van der Waals surface area contributed by atoms with Crippen molar-refractivity contribution in [1.82, 2.24) is 0 Å². The molecule has 0 saturated carbocycles. The van der Waals surface area contributed by atoms with Crippen molar-refractivity contribution in [2.75, 3.05) is 0 Å². The summed E-state index contributed by atoms with van der Waals surface area (Å²) in [6.45, 7) is 9.63. The molecule has 0 saturated heterocycles. The van der Waals surface area contributed by atoms with Gasteiger partial charge >= 0.3 is 0 Å². The SMILES string of the molecule is C=C.C=Cc1ccccc1.c1ccc(-c2ccccc2)cc1. The number of hydrogen-bond acceptors (Lipinski definition) is 0. The van der Waals surface area contributed by atoms with E-state index in [4.69, 9.17) is 0 Å². The summed E-state index contributed by atoms with van der Waals surface area (Å²) in [5.74, 6) is 0. The Morgan fingerprint density at radius 1 is 0.500 bits per heavy atom. The third-order valence-electron chi connectivity index (χ3n) is 2.92. The molecular formula is C22H22. The van der Waals surface area contributed by atoms with Crippen LogP contribution in [-0.2, 0) is 0 Å². The molecule has 0 atom stereocenters. The first-order valence-electron chi connectivity index (χ1n) is 7.18. The largest absolute Gasteiger partial charge is 0.106 e. The fourth-order valence-corrected chi connectivity index (χ4v) is 1.85. The molecule has 0 heteroatoms. The van der Waals surface area contributed by atoms with E-state index in [9.17, 15) is 0 Å². The van der Waals surface area contributed by atoms with Gasteiger partial charge in [-0.15, -0.1) is 13.2 Å². The lowest BCUT2D eigenvalue weighted by Crippen LogP contribution is -1.73. The van der Waals surface area contributed by atoms with E-state index in [1.165, 1.54) is 16.7 Å². The highest BCUT2D eigenvalue weighted by Gasteiger charge is 1.91. The van der Waals surface area contributed by atoms with Gasteiger partial charge in [0.15, 0.2) is 0 Å². The molecule has 3 aromatic carbocycles. The van der Waals surface area contributed by atoms with E-state index in [2.05, 4.69) is 68.3 Å². The Bertz CT molecular complexity index is 587. The summed E-state index contributed by atoms with van der Waals surface area (Å²) >= 11 is 0. The van der Waals surface area contributed by atoms with Crippen LogP contribution < -0.4 is 0 Å². The summed E-state index contributed by atoms with van der Waals surface area (Å²) < 4.78 is 0. The summed E-state index contributed by atoms with van der Waals surface area (Å²) in [6.07, 6.45) is 1.83. The summed E-state index contributed by atoms with van der Waals surface area (Å²) in [6, 6.07) is 30.8. The zero-order valence-electron chi connectivity index (χ0n) is 12.9. The molecule has 3 rings (SSSR count). The van der Waals surface area contributed by atoms with Crippen LogP contribution >= 0.6 is 0 Å². The van der Waals surface area contributed by atoms with Crippen LogP contribution in [0.4, 0.5) is 0 Å². The van der Waals surface area contributed by atoms with E-state index in [-0.39, 0.29) is 0 Å². The molecule has 0 unspecified atom stereocenters. The van der Waals surface area contributed by atoms with Gasteiger partial charge in [-0.2, -0.15) is 0 Å². The van der Waals surface area contributed by atoms with Crippen LogP contribution in [0.5, 0.6) is 0 Å². The maximum absolute atomic E-state index is 3.63. The van der Waals surface area contributed by atoms with Crippen molar-refractivity contribution in [3.8, 4) is 11.1 Å². The zero-order chi connectivity index (χ0) is 16.0. The first kappa shape index (κ1) is 17.2. The molecule has 0 aromatic heterocycles. The molecule has 0 radical (unpaired) electrons. The molecular weight excluding hydrogens is 264 g/mol. The van der Waals surface area contributed by atoms with E-state index in [0.29, 0.717) is 0 Å². The van der Waals surface area contributed by atoms with Gasteiger partial charge in [-0.05, 0) is 16.7 Å². The van der Waals surface area contributed by atoms with E-state index < -0.39 is 0 Å². The second-order valence-corrected chi connectivity index (χ2v) is 4.35. The Morgan fingerprint density at radius 2 is 0.818 bits per heavy atom. The van der Waals surface area contributed by atoms with Crippen LogP contribution in [0.1, 0.15) is 5.56 Å². The monoisotopic (exact) mass is 286 g/mol. The smallest absolute Gasteiger partial charge is 0.0184 e. The molecule has 0 nitrogen and oxygen atoms in total. The molecule has 0 aliphatic rings. The van der Waals surface area contributed by atoms with Crippen LogP contribution in [0.2, 0.25) is 0 Å². The van der Waals surface area contributed by atoms with Gasteiger partial charge < -0.3 is 0 Å². The van der Waals surface area contributed by atoms with Gasteiger partial charge in [0.05, 0.1) is 0 Å². The predicted octanol–water partition coefficient (Wildman–Crippen LogP) is 6.49. The topological polar surface area (TPSA) is 0 Å². The van der Waals surface area contributed by atoms with Gasteiger partial charge in [-0.3, -0.25) is 0 Å². The van der Waals surface area contributed by atoms with Gasteiger partial charge in [0.1, 0.15) is 0 Å². The molecule has 110 valence electrons. The van der Waals surface area contributed by atoms with Gasteiger partial charge in [0.25, 0.3) is 0 Å². The standard InChI is InChI=1S/C12H10.C8H8.C2H4/c1-3-7-11(8-4-1)12-9-5-2-6-10-12;1-2-8-6-4-3-5-7-8;1-2/h1-10H;2-7H,1H2;1-2H2. The van der Waals surface area contributed by atoms with Crippen LogP contribution in [0, 0.1) is 0 Å². The predicted molar refractivity (Wildman–Crippen MR) is 99.7 cm³/mol. The lowest BCUT2D eigenvalue weighted by Gasteiger charge is -1.98. The molecule has 0 bridgehead atoms. The molecule has 0 N–H and O–H groups in total. The second kappa shape index (κ2) is 10.9. The average molecular weight is 286 g/mol. The minimum absolute atomic E-state index is 1.17. The fraction of sp³-hybridized carbons (Fsp3) is 0. The van der Waals surface area contributed by atoms with Crippen LogP contribution in [-0.4, -0.2) is 0 Å². The normalized spacial score (nSPS) is 8.55. The van der Waals surface area contributed by atoms with Crippen molar-refractivity contribution in [1.29, 1.82) is 0 Å². The summed E-state index contributed by atoms with van der Waals surface area (Å²) in [7, 11) is 0. The van der Waals surface area contributed by atoms with E-state index in [1.54, 1.807) is 0 Å². The fourth-order valence-electron chi connectivity index (χ4n) is 1.85. The number of rotatable bonds is 2. The first-order valence-corrected chi connectivity index (χ1v) is 7.18. The van der Waals surface area contributed by atoms with Gasteiger partial charge in [0, 0.05) is 0 Å². The molecule has 0 heterocycles. The van der Waals surface area contributed by atoms with Crippen molar-refractivity contribution < 1.29 is 0 Å². The Labute approximate surface area is 134 Å². The first-order chi connectivity index (χ1) is 10.9. The Balaban J connectivity index is 0.000000211. The maximum atomic E-state index is 3.63. The average Bonchev–Trinajstić information content (AvgIpc) is 2.66. The van der Waals surface area contributed by atoms with Crippen LogP contribution in [0.25, 0.3) is 17.2 Å². The van der Waals surface area contributed by atoms with Gasteiger partial charge in [0.2, 0.25) is 0 Å². The molecule has 0 aliphatic carbocycles. The van der Waals surface area contributed by atoms with Crippen LogP contribution in [0.15, 0.2) is 111 Å². The van der Waals surface area contributed by atoms with E-state index in [0.717, 1.165) is 0 Å². The van der Waals surface area contributed by atoms with Crippen molar-refractivity contribution in [2.45, 2.75) is 0 Å². The Morgan fingerprint density at radius 3 is 1.09 bits per heavy atom. The minimum atomic E-state index is 1.17. The highest BCUT2D eigenvalue weighted by molar-refractivity contribution is 5.62. The van der Waals surface area contributed by atoms with Crippen molar-refractivity contribution in [3.63, 3.8) is 0 Å². The zero-order valence-corrected chi connectivity index (χ0v) is 12.9. The molecule has 0 aliphatic heterocycles. The summed E-state index contributed by atoms with van der Waals surface area (Å²) in [5, 5.41) is 0. The highest BCUT2D eigenvalue weighted by Crippen LogP contribution is 2.17. The summed E-state index contributed by atoms with van der Waals surface area (Å²) in [5.41, 5.74) is 3.73. The van der Waals surface area contributed by atoms with Crippen molar-refractivity contribution in [3.05, 3.63) is 116 Å². The Kier molecular flexibility index (Phi) is 8.50. The third-order valence-corrected chi connectivity index (χ3v) is 2.92. The summed E-state index contributed by atoms with van der Waals surface area (Å²) in [4.78, 5) is 0. The highest BCUT2D eigenvalue weighted by atomic mass is 14.0. The molecule has 3 aromatic rings. The van der Waals surface area contributed by atoms with Gasteiger partial charge in [-0.1, -0.05) is 104 Å². The number of hydrogen-bond donors (Lipinski definition) is 0. The third kappa shape index (κ3) is 6.06. The molecule has 0 spiro atoms. The second-order valence-electron chi connectivity index (χ2n) is 4.35. The molecule has 22 heavy (non-hydrogen) atoms. The minimum Gasteiger partial charge on any atom is -0.106 e. The van der Waals surface area contributed by atoms with Crippen LogP contribution in [0.3, 0.4) is 0 Å². The molecule has 0 fully saturated rings. The van der Waals surface area contributed by atoms with Crippen molar-refractivity contribution in [2.24, 2.45) is 0 Å². The van der Waals surface area contributed by atoms with Crippen molar-refractivity contribution >= 4 is 6.08 Å². The van der Waals surface area contributed by atoms with E-state index in [1.807, 2.05) is 48.5 Å². The molecule has 0 amide bonds. The lowest BCUT2D eigenvalue weighted by molar-refractivity contribution is 1.62. The Hall–Kier alpha value is -2.86. The lowest BCUT2D eigenvalue weighted by atomic mass is 10.1. The van der Waals surface area contributed by atoms with E-state index >= 15 is 0 Å². The van der Waals surface area contributed by atoms with Gasteiger partial charge in [-0.25, -0.2) is 0 Å². The maximum Gasteiger partial charge on any atom is -0.0184 e. The quantitative estimate of drug-likeness (QED) is 0.473. The number of benzene rings is 3.